The van der Waals surface area contributed by atoms with E-state index in [0.717, 1.165) is 6.54 Å². The van der Waals surface area contributed by atoms with Crippen molar-refractivity contribution in [3.63, 3.8) is 0 Å². The summed E-state index contributed by atoms with van der Waals surface area (Å²) < 4.78 is 6.84. The first-order chi connectivity index (χ1) is 13.0. The van der Waals surface area contributed by atoms with Crippen LogP contribution >= 0.6 is 0 Å². The van der Waals surface area contributed by atoms with E-state index in [9.17, 15) is 0 Å². The lowest BCUT2D eigenvalue weighted by Gasteiger charge is -2.43. The molecule has 28 heavy (non-hydrogen) atoms. The van der Waals surface area contributed by atoms with E-state index in [4.69, 9.17) is 4.12 Å². The van der Waals surface area contributed by atoms with Gasteiger partial charge in [-0.05, 0) is 49.3 Å². The van der Waals surface area contributed by atoms with Crippen molar-refractivity contribution in [2.24, 2.45) is 0 Å². The van der Waals surface area contributed by atoms with Crippen LogP contribution < -0.4 is 0 Å². The van der Waals surface area contributed by atoms with E-state index in [-0.39, 0.29) is 5.04 Å². The van der Waals surface area contributed by atoms with Gasteiger partial charge in [0, 0.05) is 32.7 Å². The molecule has 5 heteroatoms. The van der Waals surface area contributed by atoms with Crippen molar-refractivity contribution in [2.75, 3.05) is 32.7 Å². The van der Waals surface area contributed by atoms with Gasteiger partial charge in [0.25, 0.3) is 0 Å². The highest BCUT2D eigenvalue weighted by Gasteiger charge is 2.42. The minimum atomic E-state index is -1.83. The van der Waals surface area contributed by atoms with Gasteiger partial charge in [-0.1, -0.05) is 56.8 Å². The molecule has 1 aliphatic rings. The number of hydrogen-bond acceptors (Lipinski definition) is 3. The molecule has 2 rings (SSSR count). The van der Waals surface area contributed by atoms with Crippen LogP contribution in [-0.2, 0) is 10.7 Å². The third-order valence-corrected chi connectivity index (χ3v) is 16.3. The van der Waals surface area contributed by atoms with Gasteiger partial charge in [-0.25, -0.2) is 0 Å². The second-order valence-corrected chi connectivity index (χ2v) is 19.0. The quantitative estimate of drug-likeness (QED) is 0.491. The van der Waals surface area contributed by atoms with Gasteiger partial charge in [0.15, 0.2) is 8.32 Å². The smallest absolute Gasteiger partial charge is 0.201 e. The molecule has 1 fully saturated rings. The zero-order valence-corrected chi connectivity index (χ0v) is 21.1. The van der Waals surface area contributed by atoms with Crippen molar-refractivity contribution in [3.8, 4) is 0 Å². The molecule has 0 bridgehead atoms. The summed E-state index contributed by atoms with van der Waals surface area (Å²) in [7, 11) is -3.56. The molecule has 1 aromatic rings. The first-order valence-corrected chi connectivity index (χ1v) is 16.5. The van der Waals surface area contributed by atoms with Gasteiger partial charge >= 0.3 is 0 Å². The Kier molecular flexibility index (Phi) is 8.29. The molecule has 0 radical (unpaired) electrons. The lowest BCUT2D eigenvalue weighted by molar-refractivity contribution is 0.127. The van der Waals surface area contributed by atoms with E-state index >= 15 is 0 Å². The highest BCUT2D eigenvalue weighted by atomic mass is 28.4. The summed E-state index contributed by atoms with van der Waals surface area (Å²) in [5.41, 5.74) is 3.59. The van der Waals surface area contributed by atoms with Gasteiger partial charge in [0.2, 0.25) is 8.32 Å². The Bertz CT molecular complexity index is 607. The van der Waals surface area contributed by atoms with Gasteiger partial charge in [-0.3, -0.25) is 4.90 Å². The van der Waals surface area contributed by atoms with Crippen molar-refractivity contribution in [3.05, 3.63) is 48.2 Å². The molecule has 0 amide bonds. The zero-order chi connectivity index (χ0) is 20.8. The van der Waals surface area contributed by atoms with Gasteiger partial charge in [-0.15, -0.1) is 6.58 Å². The molecule has 1 aromatic carbocycles. The number of rotatable bonds is 9. The number of nitrogens with zero attached hydrogens (tertiary/aromatic N) is 2. The highest BCUT2D eigenvalue weighted by Crippen LogP contribution is 2.39. The van der Waals surface area contributed by atoms with Crippen molar-refractivity contribution < 1.29 is 4.12 Å². The molecule has 1 atom stereocenters. The molecule has 158 valence electrons. The Hall–Kier alpha value is -0.726. The predicted octanol–water partition coefficient (Wildman–Crippen LogP) is 5.52. The maximum atomic E-state index is 6.84. The Balaban J connectivity index is 1.74. The Labute approximate surface area is 176 Å². The summed E-state index contributed by atoms with van der Waals surface area (Å²) in [5.74, 6) is 0. The first kappa shape index (κ1) is 23.6. The summed E-state index contributed by atoms with van der Waals surface area (Å²) in [6.07, 6.45) is 1.22. The minimum absolute atomic E-state index is 0.263. The second kappa shape index (κ2) is 9.85. The maximum Gasteiger partial charge on any atom is 0.201 e. The third-order valence-electron chi connectivity index (χ3n) is 6.59. The van der Waals surface area contributed by atoms with Crippen molar-refractivity contribution in [2.45, 2.75) is 64.5 Å². The zero-order valence-electron chi connectivity index (χ0n) is 19.1. The molecule has 0 spiro atoms. The molecule has 0 aromatic heterocycles. The molecule has 3 nitrogen and oxygen atoms in total. The SMILES string of the molecule is C=C[Si](C)(CCCN1CCN(Cc2ccccc2)CC1)O[Si](C)(C)C(C)(C)C. The van der Waals surface area contributed by atoms with E-state index < -0.39 is 16.6 Å². The van der Waals surface area contributed by atoms with Crippen LogP contribution in [0.4, 0.5) is 0 Å². The molecule has 1 unspecified atom stereocenters. The standard InChI is InChI=1S/C23H42N2OSi2/c1-8-28(7,26-27(5,6)23(2,3)4)20-12-15-24-16-18-25(19-17-24)21-22-13-10-9-11-14-22/h8-11,13-14H,1,12,15-21H2,2-7H3. The van der Waals surface area contributed by atoms with E-state index in [1.165, 1.54) is 50.8 Å². The highest BCUT2D eigenvalue weighted by molar-refractivity contribution is 6.89. The Morgan fingerprint density at radius 1 is 1.00 bits per heavy atom. The van der Waals surface area contributed by atoms with Crippen LogP contribution in [0.3, 0.4) is 0 Å². The summed E-state index contributed by atoms with van der Waals surface area (Å²) in [6, 6.07) is 12.0. The lowest BCUT2D eigenvalue weighted by atomic mass is 10.2. The fourth-order valence-electron chi connectivity index (χ4n) is 3.60. The fraction of sp³-hybridized carbons (Fsp3) is 0.652. The minimum Gasteiger partial charge on any atom is -0.452 e. The van der Waals surface area contributed by atoms with Crippen LogP contribution in [0.2, 0.25) is 30.7 Å². The van der Waals surface area contributed by atoms with Gasteiger partial charge < -0.3 is 9.02 Å². The normalized spacial score (nSPS) is 19.4. The van der Waals surface area contributed by atoms with E-state index in [0.29, 0.717) is 0 Å². The average Bonchev–Trinajstić information content (AvgIpc) is 2.63. The van der Waals surface area contributed by atoms with Gasteiger partial charge in [-0.2, -0.15) is 0 Å². The van der Waals surface area contributed by atoms with Crippen LogP contribution in [0.5, 0.6) is 0 Å². The molecule has 0 N–H and O–H groups in total. The topological polar surface area (TPSA) is 15.7 Å². The summed E-state index contributed by atoms with van der Waals surface area (Å²) in [4.78, 5) is 5.21. The Morgan fingerprint density at radius 2 is 1.57 bits per heavy atom. The van der Waals surface area contributed by atoms with Gasteiger partial charge in [0.1, 0.15) is 0 Å². The number of benzene rings is 1. The molecular formula is C23H42N2OSi2. The van der Waals surface area contributed by atoms with E-state index in [2.05, 4.69) is 92.8 Å². The lowest BCUT2D eigenvalue weighted by Crippen LogP contribution is -2.51. The van der Waals surface area contributed by atoms with E-state index in [1.807, 2.05) is 0 Å². The average molecular weight is 419 g/mol. The largest absolute Gasteiger partial charge is 0.452 e. The number of hydrogen-bond donors (Lipinski definition) is 0. The monoisotopic (exact) mass is 418 g/mol. The molecule has 1 heterocycles. The van der Waals surface area contributed by atoms with E-state index in [1.54, 1.807) is 0 Å². The molecule has 0 saturated carbocycles. The second-order valence-electron chi connectivity index (χ2n) is 10.1. The van der Waals surface area contributed by atoms with Crippen molar-refractivity contribution >= 4 is 16.6 Å². The summed E-state index contributed by atoms with van der Waals surface area (Å²) in [5, 5.41) is 0.263. The molecular weight excluding hydrogens is 376 g/mol. The number of piperazine rings is 1. The fourth-order valence-corrected chi connectivity index (χ4v) is 11.3. The maximum absolute atomic E-state index is 6.84. The van der Waals surface area contributed by atoms with Crippen LogP contribution in [0, 0.1) is 0 Å². The van der Waals surface area contributed by atoms with Gasteiger partial charge in [0.05, 0.1) is 0 Å². The van der Waals surface area contributed by atoms with Crippen LogP contribution in [0.1, 0.15) is 32.8 Å². The van der Waals surface area contributed by atoms with Crippen LogP contribution in [0.15, 0.2) is 42.6 Å². The first-order valence-electron chi connectivity index (χ1n) is 10.9. The molecule has 1 saturated heterocycles. The summed E-state index contributed by atoms with van der Waals surface area (Å²) >= 11 is 0. The van der Waals surface area contributed by atoms with Crippen molar-refractivity contribution in [1.82, 2.24) is 9.80 Å². The summed E-state index contributed by atoms with van der Waals surface area (Å²) in [6.45, 7) is 25.2. The predicted molar refractivity (Wildman–Crippen MR) is 128 cm³/mol. The van der Waals surface area contributed by atoms with Crippen molar-refractivity contribution in [1.29, 1.82) is 0 Å². The molecule has 0 aliphatic carbocycles. The third kappa shape index (κ3) is 6.95. The van der Waals surface area contributed by atoms with Crippen LogP contribution in [-0.4, -0.2) is 59.2 Å². The Morgan fingerprint density at radius 3 is 2.11 bits per heavy atom. The molecule has 1 aliphatic heterocycles. The van der Waals surface area contributed by atoms with Crippen LogP contribution in [0.25, 0.3) is 0 Å².